The van der Waals surface area contributed by atoms with Crippen LogP contribution in [0.15, 0.2) is 72.4 Å². The summed E-state index contributed by atoms with van der Waals surface area (Å²) in [5, 5.41) is 10.5. The van der Waals surface area contributed by atoms with Crippen LogP contribution in [-0.2, 0) is 13.0 Å². The van der Waals surface area contributed by atoms with E-state index in [2.05, 4.69) is 63.8 Å². The Bertz CT molecular complexity index is 1020. The minimum Gasteiger partial charge on any atom is -0.323 e. The van der Waals surface area contributed by atoms with Gasteiger partial charge in [0.15, 0.2) is 5.65 Å². The summed E-state index contributed by atoms with van der Waals surface area (Å²) in [7, 11) is 0. The summed E-state index contributed by atoms with van der Waals surface area (Å²) in [5.41, 5.74) is 4.24. The van der Waals surface area contributed by atoms with Gasteiger partial charge in [-0.1, -0.05) is 66.4 Å². The highest BCUT2D eigenvalue weighted by Gasteiger charge is 2.14. The predicted molar refractivity (Wildman–Crippen MR) is 104 cm³/mol. The Morgan fingerprint density at radius 3 is 2.64 bits per heavy atom. The number of benzene rings is 2. The molecule has 2 heterocycles. The van der Waals surface area contributed by atoms with Crippen molar-refractivity contribution in [3.05, 3.63) is 72.8 Å². The van der Waals surface area contributed by atoms with Gasteiger partial charge in [-0.05, 0) is 18.1 Å². The summed E-state index contributed by atoms with van der Waals surface area (Å²) < 4.78 is 2.25. The van der Waals surface area contributed by atoms with Crippen molar-refractivity contribution >= 4 is 33.8 Å². The fraction of sp³-hybridized carbons (Fsp3) is 0.150. The van der Waals surface area contributed by atoms with Crippen molar-refractivity contribution in [2.75, 3.05) is 5.75 Å². The molecule has 2 aromatic heterocycles. The number of para-hydroxylation sites is 1. The second-order valence-electron chi connectivity index (χ2n) is 5.77. The normalized spacial score (nSPS) is 11.2. The Kier molecular flexibility index (Phi) is 4.48. The quantitative estimate of drug-likeness (QED) is 0.381. The van der Waals surface area contributed by atoms with Crippen LogP contribution in [0.4, 0.5) is 0 Å². The van der Waals surface area contributed by atoms with E-state index in [1.165, 1.54) is 5.56 Å². The lowest BCUT2D eigenvalue weighted by atomic mass is 10.1. The highest BCUT2D eigenvalue weighted by atomic mass is 32.2. The van der Waals surface area contributed by atoms with Crippen LogP contribution in [0.25, 0.3) is 22.1 Å². The summed E-state index contributed by atoms with van der Waals surface area (Å²) in [4.78, 5) is 4.77. The van der Waals surface area contributed by atoms with Gasteiger partial charge in [-0.2, -0.15) is 0 Å². The number of aromatic nitrogens is 4. The van der Waals surface area contributed by atoms with E-state index < -0.39 is 0 Å². The summed E-state index contributed by atoms with van der Waals surface area (Å²) in [5.74, 6) is 0.775. The van der Waals surface area contributed by atoms with Gasteiger partial charge in [0, 0.05) is 17.7 Å². The maximum Gasteiger partial charge on any atom is 0.211 e. The fourth-order valence-electron chi connectivity index (χ4n) is 3.00. The SMILES string of the molecule is C=CCSc1nnc2c3ccccc3n(CCc3ccccc3)c2n1. The predicted octanol–water partition coefficient (Wildman–Crippen LogP) is 4.50. The number of rotatable bonds is 6. The van der Waals surface area contributed by atoms with Crippen LogP contribution >= 0.6 is 11.8 Å². The largest absolute Gasteiger partial charge is 0.323 e. The van der Waals surface area contributed by atoms with Crippen LogP contribution in [0, 0.1) is 0 Å². The molecule has 5 heteroatoms. The van der Waals surface area contributed by atoms with E-state index >= 15 is 0 Å². The average molecular weight is 346 g/mol. The number of fused-ring (bicyclic) bond motifs is 3. The molecule has 0 radical (unpaired) electrons. The third-order valence-corrected chi connectivity index (χ3v) is 4.99. The van der Waals surface area contributed by atoms with Crippen molar-refractivity contribution < 1.29 is 0 Å². The Hall–Kier alpha value is -2.66. The summed E-state index contributed by atoms with van der Waals surface area (Å²) >= 11 is 1.55. The van der Waals surface area contributed by atoms with E-state index in [1.54, 1.807) is 11.8 Å². The lowest BCUT2D eigenvalue weighted by Gasteiger charge is -2.07. The molecule has 0 unspecified atom stereocenters. The third kappa shape index (κ3) is 3.15. The van der Waals surface area contributed by atoms with Gasteiger partial charge < -0.3 is 4.57 Å². The molecular weight excluding hydrogens is 328 g/mol. The zero-order chi connectivity index (χ0) is 17.1. The summed E-state index contributed by atoms with van der Waals surface area (Å²) in [6.07, 6.45) is 2.80. The molecule has 4 nitrogen and oxygen atoms in total. The number of hydrogen-bond acceptors (Lipinski definition) is 4. The van der Waals surface area contributed by atoms with Crippen LogP contribution < -0.4 is 0 Å². The second-order valence-corrected chi connectivity index (χ2v) is 6.76. The Morgan fingerprint density at radius 1 is 1.00 bits per heavy atom. The van der Waals surface area contributed by atoms with E-state index in [9.17, 15) is 0 Å². The first-order chi connectivity index (χ1) is 12.4. The van der Waals surface area contributed by atoms with E-state index in [0.717, 1.165) is 40.8 Å². The Balaban J connectivity index is 1.79. The topological polar surface area (TPSA) is 43.6 Å². The lowest BCUT2D eigenvalue weighted by Crippen LogP contribution is -2.03. The molecule has 2 aromatic carbocycles. The van der Waals surface area contributed by atoms with Crippen molar-refractivity contribution in [2.45, 2.75) is 18.1 Å². The molecule has 0 aliphatic heterocycles. The van der Waals surface area contributed by atoms with Gasteiger partial charge in [0.2, 0.25) is 5.16 Å². The van der Waals surface area contributed by atoms with Crippen molar-refractivity contribution in [3.63, 3.8) is 0 Å². The maximum absolute atomic E-state index is 4.77. The van der Waals surface area contributed by atoms with Crippen molar-refractivity contribution in [2.24, 2.45) is 0 Å². The van der Waals surface area contributed by atoms with Crippen LogP contribution in [0.5, 0.6) is 0 Å². The van der Waals surface area contributed by atoms with Crippen LogP contribution in [0.2, 0.25) is 0 Å². The van der Waals surface area contributed by atoms with Crippen molar-refractivity contribution in [1.29, 1.82) is 0 Å². The molecule has 0 saturated heterocycles. The molecule has 4 aromatic rings. The third-order valence-electron chi connectivity index (χ3n) is 4.15. The molecule has 0 fully saturated rings. The Labute approximate surface area is 150 Å². The molecule has 4 rings (SSSR count). The second kappa shape index (κ2) is 7.07. The molecule has 0 N–H and O–H groups in total. The molecule has 0 spiro atoms. The monoisotopic (exact) mass is 346 g/mol. The number of nitrogens with zero attached hydrogens (tertiary/aromatic N) is 4. The van der Waals surface area contributed by atoms with Gasteiger partial charge >= 0.3 is 0 Å². The van der Waals surface area contributed by atoms with Gasteiger partial charge in [0.1, 0.15) is 5.52 Å². The van der Waals surface area contributed by atoms with Crippen molar-refractivity contribution in [1.82, 2.24) is 19.7 Å². The van der Waals surface area contributed by atoms with Crippen LogP contribution in [0.3, 0.4) is 0 Å². The zero-order valence-corrected chi connectivity index (χ0v) is 14.6. The first-order valence-electron chi connectivity index (χ1n) is 8.26. The minimum absolute atomic E-state index is 0.691. The zero-order valence-electron chi connectivity index (χ0n) is 13.8. The molecule has 0 aliphatic rings. The molecule has 0 amide bonds. The van der Waals surface area contributed by atoms with E-state index in [0.29, 0.717) is 5.16 Å². The number of hydrogen-bond donors (Lipinski definition) is 0. The van der Waals surface area contributed by atoms with E-state index in [1.807, 2.05) is 18.2 Å². The molecule has 0 aliphatic carbocycles. The fourth-order valence-corrected chi connectivity index (χ4v) is 3.51. The van der Waals surface area contributed by atoms with Gasteiger partial charge in [-0.15, -0.1) is 16.8 Å². The van der Waals surface area contributed by atoms with E-state index in [-0.39, 0.29) is 0 Å². The van der Waals surface area contributed by atoms with Gasteiger partial charge in [0.25, 0.3) is 0 Å². The number of aryl methyl sites for hydroxylation is 2. The molecular formula is C20H18N4S. The van der Waals surface area contributed by atoms with Gasteiger partial charge in [0.05, 0.1) is 5.52 Å². The first-order valence-corrected chi connectivity index (χ1v) is 9.24. The van der Waals surface area contributed by atoms with Crippen LogP contribution in [-0.4, -0.2) is 25.5 Å². The summed E-state index contributed by atoms with van der Waals surface area (Å²) in [6.45, 7) is 4.61. The highest BCUT2D eigenvalue weighted by molar-refractivity contribution is 7.99. The average Bonchev–Trinajstić information content (AvgIpc) is 2.98. The van der Waals surface area contributed by atoms with Crippen molar-refractivity contribution in [3.8, 4) is 0 Å². The number of thioether (sulfide) groups is 1. The molecule has 124 valence electrons. The van der Waals surface area contributed by atoms with Gasteiger partial charge in [-0.25, -0.2) is 4.98 Å². The smallest absolute Gasteiger partial charge is 0.211 e. The standard InChI is InChI=1S/C20H18N4S/c1-2-14-25-20-21-19-18(22-23-20)16-10-6-7-11-17(16)24(19)13-12-15-8-4-3-5-9-15/h2-11H,1,12-14H2. The molecule has 0 atom stereocenters. The first kappa shape index (κ1) is 15.8. The summed E-state index contributed by atoms with van der Waals surface area (Å²) in [6, 6.07) is 18.8. The molecule has 25 heavy (non-hydrogen) atoms. The lowest BCUT2D eigenvalue weighted by molar-refractivity contribution is 0.727. The maximum atomic E-state index is 4.77. The molecule has 0 saturated carbocycles. The highest BCUT2D eigenvalue weighted by Crippen LogP contribution is 2.27. The Morgan fingerprint density at radius 2 is 1.80 bits per heavy atom. The van der Waals surface area contributed by atoms with E-state index in [4.69, 9.17) is 4.98 Å². The van der Waals surface area contributed by atoms with Gasteiger partial charge in [-0.3, -0.25) is 0 Å². The van der Waals surface area contributed by atoms with Crippen LogP contribution in [0.1, 0.15) is 5.56 Å². The minimum atomic E-state index is 0.691. The molecule has 0 bridgehead atoms.